The lowest BCUT2D eigenvalue weighted by Gasteiger charge is -2.20. The second kappa shape index (κ2) is 8.94. The van der Waals surface area contributed by atoms with E-state index in [0.717, 1.165) is 27.5 Å². The minimum absolute atomic E-state index is 0.0340. The Bertz CT molecular complexity index is 468. The fraction of sp³-hybridized carbons (Fsp3) is 0.588. The van der Waals surface area contributed by atoms with Crippen molar-refractivity contribution in [2.24, 2.45) is 5.92 Å². The Morgan fingerprint density at radius 3 is 2.48 bits per heavy atom. The zero-order valence-electron chi connectivity index (χ0n) is 12.3. The molecule has 1 aliphatic rings. The van der Waals surface area contributed by atoms with Crippen LogP contribution >= 0.6 is 31.9 Å². The Kier molecular flexibility index (Phi) is 7.24. The Morgan fingerprint density at radius 2 is 1.81 bits per heavy atom. The normalized spacial score (nSPS) is 17.0. The average Bonchev–Trinajstić information content (AvgIpc) is 2.46. The van der Waals surface area contributed by atoms with E-state index < -0.39 is 0 Å². The quantitative estimate of drug-likeness (QED) is 0.651. The highest BCUT2D eigenvalue weighted by Crippen LogP contribution is 2.23. The number of amides is 1. The van der Waals surface area contributed by atoms with Crippen LogP contribution in [0.4, 0.5) is 0 Å². The van der Waals surface area contributed by atoms with Crippen molar-refractivity contribution in [3.05, 3.63) is 33.8 Å². The number of halogens is 2. The van der Waals surface area contributed by atoms with Crippen molar-refractivity contribution in [3.63, 3.8) is 0 Å². The highest BCUT2D eigenvalue weighted by molar-refractivity contribution is 9.10. The van der Waals surface area contributed by atoms with E-state index in [4.69, 9.17) is 0 Å². The van der Waals surface area contributed by atoms with Crippen LogP contribution < -0.4 is 5.32 Å². The summed E-state index contributed by atoms with van der Waals surface area (Å²) in [6.45, 7) is 0.809. The molecule has 0 heterocycles. The minimum atomic E-state index is 0.0340. The molecule has 0 bridgehead atoms. The van der Waals surface area contributed by atoms with Crippen molar-refractivity contribution in [2.75, 3.05) is 6.54 Å². The SMILES string of the molecule is O=C(NCC1CCCCCCC1)c1cc(CBr)ccc1Br. The Balaban J connectivity index is 1.91. The lowest BCUT2D eigenvalue weighted by Crippen LogP contribution is -2.30. The van der Waals surface area contributed by atoms with E-state index in [1.165, 1.54) is 44.9 Å². The van der Waals surface area contributed by atoms with Crippen LogP contribution in [-0.2, 0) is 5.33 Å². The number of benzene rings is 1. The first-order valence-corrected chi connectivity index (χ1v) is 9.74. The molecule has 2 nitrogen and oxygen atoms in total. The third-order valence-corrected chi connectivity index (χ3v) is 5.54. The molecule has 0 aliphatic heterocycles. The summed E-state index contributed by atoms with van der Waals surface area (Å²) in [7, 11) is 0. The van der Waals surface area contributed by atoms with Crippen LogP contribution in [0.3, 0.4) is 0 Å². The van der Waals surface area contributed by atoms with Crippen LogP contribution in [0.1, 0.15) is 60.9 Å². The molecule has 2 rings (SSSR count). The van der Waals surface area contributed by atoms with Crippen molar-refractivity contribution in [1.29, 1.82) is 0 Å². The molecular formula is C17H23Br2NO. The van der Waals surface area contributed by atoms with E-state index in [1.54, 1.807) is 0 Å². The maximum Gasteiger partial charge on any atom is 0.252 e. The summed E-state index contributed by atoms with van der Waals surface area (Å²) in [4.78, 5) is 12.4. The van der Waals surface area contributed by atoms with Crippen molar-refractivity contribution < 1.29 is 4.79 Å². The van der Waals surface area contributed by atoms with Gasteiger partial charge in [0, 0.05) is 16.3 Å². The maximum atomic E-state index is 12.4. The van der Waals surface area contributed by atoms with Crippen molar-refractivity contribution >= 4 is 37.8 Å². The van der Waals surface area contributed by atoms with E-state index in [-0.39, 0.29) is 5.91 Å². The van der Waals surface area contributed by atoms with Gasteiger partial charge in [-0.3, -0.25) is 4.79 Å². The Morgan fingerprint density at radius 1 is 1.14 bits per heavy atom. The number of carbonyl (C=O) groups is 1. The van der Waals surface area contributed by atoms with Gasteiger partial charge >= 0.3 is 0 Å². The predicted molar refractivity (Wildman–Crippen MR) is 94.9 cm³/mol. The van der Waals surface area contributed by atoms with Crippen molar-refractivity contribution in [1.82, 2.24) is 5.32 Å². The van der Waals surface area contributed by atoms with Gasteiger partial charge in [0.05, 0.1) is 5.56 Å². The topological polar surface area (TPSA) is 29.1 Å². The van der Waals surface area contributed by atoms with Crippen LogP contribution in [0.25, 0.3) is 0 Å². The summed E-state index contributed by atoms with van der Waals surface area (Å²) >= 11 is 6.91. The zero-order valence-corrected chi connectivity index (χ0v) is 15.5. The van der Waals surface area contributed by atoms with Gasteiger partial charge < -0.3 is 5.32 Å². The van der Waals surface area contributed by atoms with Gasteiger partial charge in [0.15, 0.2) is 0 Å². The van der Waals surface area contributed by atoms with E-state index in [0.29, 0.717) is 5.92 Å². The number of rotatable bonds is 4. The summed E-state index contributed by atoms with van der Waals surface area (Å²) in [5.74, 6) is 0.680. The number of nitrogens with one attached hydrogen (secondary N) is 1. The molecule has 0 unspecified atom stereocenters. The van der Waals surface area contributed by atoms with Gasteiger partial charge in [-0.1, -0.05) is 54.1 Å². The summed E-state index contributed by atoms with van der Waals surface area (Å²) in [6, 6.07) is 5.91. The molecule has 116 valence electrons. The van der Waals surface area contributed by atoms with Crippen LogP contribution in [0, 0.1) is 5.92 Å². The number of alkyl halides is 1. The van der Waals surface area contributed by atoms with Crippen molar-refractivity contribution in [3.8, 4) is 0 Å². The first kappa shape index (κ1) is 17.0. The molecule has 1 aromatic rings. The molecule has 4 heteroatoms. The molecule has 0 radical (unpaired) electrons. The largest absolute Gasteiger partial charge is 0.352 e. The molecule has 0 saturated heterocycles. The molecule has 0 atom stereocenters. The standard InChI is InChI=1S/C17H23Br2NO/c18-11-14-8-9-16(19)15(10-14)17(21)20-12-13-6-4-2-1-3-5-7-13/h8-10,13H,1-7,11-12H2,(H,20,21). The average molecular weight is 417 g/mol. The summed E-state index contributed by atoms with van der Waals surface area (Å²) in [6.07, 6.45) is 9.20. The minimum Gasteiger partial charge on any atom is -0.352 e. The van der Waals surface area contributed by atoms with Gasteiger partial charge in [0.2, 0.25) is 0 Å². The molecule has 1 aliphatic carbocycles. The summed E-state index contributed by atoms with van der Waals surface area (Å²) in [5, 5.41) is 3.89. The molecule has 1 fully saturated rings. The molecule has 1 N–H and O–H groups in total. The van der Waals surface area contributed by atoms with Crippen LogP contribution in [0.5, 0.6) is 0 Å². The van der Waals surface area contributed by atoms with Crippen LogP contribution in [-0.4, -0.2) is 12.5 Å². The summed E-state index contributed by atoms with van der Waals surface area (Å²) < 4.78 is 0.863. The highest BCUT2D eigenvalue weighted by atomic mass is 79.9. The van der Waals surface area contributed by atoms with Gasteiger partial charge in [0.25, 0.3) is 5.91 Å². The number of hydrogen-bond acceptors (Lipinski definition) is 1. The lowest BCUT2D eigenvalue weighted by atomic mass is 9.91. The van der Waals surface area contributed by atoms with Crippen LogP contribution in [0.2, 0.25) is 0 Å². The predicted octanol–water partition coefficient (Wildman–Crippen LogP) is 5.43. The van der Waals surface area contributed by atoms with Gasteiger partial charge in [-0.05, 0) is 52.4 Å². The third kappa shape index (κ3) is 5.41. The maximum absolute atomic E-state index is 12.4. The van der Waals surface area contributed by atoms with E-state index in [1.807, 2.05) is 18.2 Å². The molecule has 1 saturated carbocycles. The second-order valence-corrected chi connectivity index (χ2v) is 7.28. The first-order chi connectivity index (χ1) is 10.2. The number of hydrogen-bond donors (Lipinski definition) is 1. The molecule has 1 aromatic carbocycles. The van der Waals surface area contributed by atoms with Crippen LogP contribution in [0.15, 0.2) is 22.7 Å². The fourth-order valence-corrected chi connectivity index (χ4v) is 3.68. The van der Waals surface area contributed by atoms with Crippen molar-refractivity contribution in [2.45, 2.75) is 50.3 Å². The van der Waals surface area contributed by atoms with E-state index in [9.17, 15) is 4.79 Å². The summed E-state index contributed by atoms with van der Waals surface area (Å²) in [5.41, 5.74) is 1.85. The van der Waals surface area contributed by atoms with Gasteiger partial charge in [-0.2, -0.15) is 0 Å². The molecular weight excluding hydrogens is 394 g/mol. The zero-order chi connectivity index (χ0) is 15.1. The van der Waals surface area contributed by atoms with Gasteiger partial charge in [0.1, 0.15) is 0 Å². The lowest BCUT2D eigenvalue weighted by molar-refractivity contribution is 0.0944. The monoisotopic (exact) mass is 415 g/mol. The fourth-order valence-electron chi connectivity index (χ4n) is 2.91. The molecule has 0 aromatic heterocycles. The van der Waals surface area contributed by atoms with E-state index >= 15 is 0 Å². The third-order valence-electron chi connectivity index (χ3n) is 4.21. The molecule has 0 spiro atoms. The van der Waals surface area contributed by atoms with Gasteiger partial charge in [-0.15, -0.1) is 0 Å². The van der Waals surface area contributed by atoms with Gasteiger partial charge in [-0.25, -0.2) is 0 Å². The second-order valence-electron chi connectivity index (χ2n) is 5.87. The Hall–Kier alpha value is -0.350. The first-order valence-electron chi connectivity index (χ1n) is 7.83. The highest BCUT2D eigenvalue weighted by Gasteiger charge is 2.15. The number of carbonyl (C=O) groups excluding carboxylic acids is 1. The van der Waals surface area contributed by atoms with E-state index in [2.05, 4.69) is 37.2 Å². The molecule has 1 amide bonds. The molecule has 21 heavy (non-hydrogen) atoms. The Labute approximate surface area is 144 Å². The smallest absolute Gasteiger partial charge is 0.252 e.